The Labute approximate surface area is 247 Å². The molecule has 1 amide bonds. The first kappa shape index (κ1) is 29.9. The number of hydrogen-bond donors (Lipinski definition) is 1. The minimum atomic E-state index is -4.52. The summed E-state index contributed by atoms with van der Waals surface area (Å²) in [5.41, 5.74) is 1.65. The molecule has 10 heteroatoms. The van der Waals surface area contributed by atoms with Crippen molar-refractivity contribution in [1.29, 1.82) is 0 Å². The molecule has 1 aliphatic carbocycles. The number of carbonyl (C=O) groups excluding carboxylic acids is 2. The van der Waals surface area contributed by atoms with Crippen molar-refractivity contribution in [2.75, 3.05) is 11.9 Å². The Hall–Kier alpha value is -4.60. The lowest BCUT2D eigenvalue weighted by molar-refractivity contribution is -0.146. The van der Waals surface area contributed by atoms with Crippen LogP contribution in [0.4, 0.5) is 23.7 Å². The van der Waals surface area contributed by atoms with Gasteiger partial charge in [-0.1, -0.05) is 65.8 Å². The minimum absolute atomic E-state index is 0.179. The summed E-state index contributed by atoms with van der Waals surface area (Å²) >= 11 is 0. The van der Waals surface area contributed by atoms with Gasteiger partial charge in [0.2, 0.25) is 0 Å². The van der Waals surface area contributed by atoms with Crippen molar-refractivity contribution in [2.24, 2.45) is 0 Å². The van der Waals surface area contributed by atoms with E-state index in [9.17, 15) is 22.8 Å². The fourth-order valence-electron chi connectivity index (χ4n) is 5.00. The van der Waals surface area contributed by atoms with Crippen LogP contribution in [0, 0.1) is 6.92 Å². The van der Waals surface area contributed by atoms with E-state index < -0.39 is 28.8 Å². The number of nitrogens with one attached hydrogen (secondary N) is 1. The lowest BCUT2D eigenvalue weighted by Gasteiger charge is -2.26. The molecule has 0 unspecified atom stereocenters. The van der Waals surface area contributed by atoms with Crippen LogP contribution in [0.5, 0.6) is 0 Å². The Balaban J connectivity index is 1.30. The first-order chi connectivity index (χ1) is 20.3. The molecule has 0 spiro atoms. The predicted octanol–water partition coefficient (Wildman–Crippen LogP) is 8.41. The number of alkyl halides is 3. The molecular formula is C33H31F3N2O5. The molecule has 1 aromatic heterocycles. The van der Waals surface area contributed by atoms with Crippen molar-refractivity contribution in [2.45, 2.75) is 57.7 Å². The second kappa shape index (κ2) is 11.2. The first-order valence-electron chi connectivity index (χ1n) is 13.9. The van der Waals surface area contributed by atoms with E-state index in [-0.39, 0.29) is 17.2 Å². The number of aryl methyl sites for hydroxylation is 1. The quantitative estimate of drug-likeness (QED) is 0.207. The van der Waals surface area contributed by atoms with Gasteiger partial charge in [0, 0.05) is 5.56 Å². The zero-order chi connectivity index (χ0) is 31.0. The highest BCUT2D eigenvalue weighted by molar-refractivity contribution is 5.91. The molecule has 1 N–H and O–H groups in total. The molecule has 0 aliphatic heterocycles. The van der Waals surface area contributed by atoms with Gasteiger partial charge in [0.25, 0.3) is 0 Å². The molecule has 43 heavy (non-hydrogen) atoms. The number of carbonyl (C=O) groups is 2. The third-order valence-corrected chi connectivity index (χ3v) is 7.66. The molecule has 1 aliphatic rings. The van der Waals surface area contributed by atoms with Gasteiger partial charge in [-0.15, -0.1) is 0 Å². The summed E-state index contributed by atoms with van der Waals surface area (Å²) in [7, 11) is 0. The Morgan fingerprint density at radius 1 is 0.930 bits per heavy atom. The average molecular weight is 593 g/mol. The third-order valence-electron chi connectivity index (χ3n) is 7.66. The van der Waals surface area contributed by atoms with Crippen LogP contribution in [0.1, 0.15) is 56.0 Å². The van der Waals surface area contributed by atoms with Gasteiger partial charge in [0.05, 0.1) is 17.6 Å². The van der Waals surface area contributed by atoms with Crippen molar-refractivity contribution >= 4 is 17.7 Å². The number of hydrogen-bond acceptors (Lipinski definition) is 6. The van der Waals surface area contributed by atoms with Crippen LogP contribution in [-0.2, 0) is 31.5 Å². The van der Waals surface area contributed by atoms with Gasteiger partial charge in [-0.2, -0.15) is 13.2 Å². The molecule has 5 rings (SSSR count). The Bertz CT molecular complexity index is 1640. The molecule has 0 radical (unpaired) electrons. The molecule has 1 heterocycles. The Morgan fingerprint density at radius 2 is 1.51 bits per heavy atom. The summed E-state index contributed by atoms with van der Waals surface area (Å²) in [6.07, 6.45) is -3.83. The molecule has 4 aromatic rings. The maximum absolute atomic E-state index is 13.2. The SMILES string of the molecule is CCOC(=O)C1(c2ccc(-c3ccc(-c4onc(C)c4NC(=O)OC(C)(C)c4cccc(C(F)(F)F)c4)cc3)cc2)CC1. The van der Waals surface area contributed by atoms with Crippen LogP contribution >= 0.6 is 0 Å². The van der Waals surface area contributed by atoms with Crippen LogP contribution in [0.25, 0.3) is 22.5 Å². The number of aromatic nitrogens is 1. The highest BCUT2D eigenvalue weighted by Crippen LogP contribution is 2.49. The molecule has 0 atom stereocenters. The summed E-state index contributed by atoms with van der Waals surface area (Å²) in [6.45, 7) is 6.83. The lowest BCUT2D eigenvalue weighted by atomic mass is 9.93. The van der Waals surface area contributed by atoms with E-state index in [4.69, 9.17) is 14.0 Å². The zero-order valence-electron chi connectivity index (χ0n) is 24.2. The number of amides is 1. The van der Waals surface area contributed by atoms with Crippen molar-refractivity contribution in [1.82, 2.24) is 5.16 Å². The summed E-state index contributed by atoms with van der Waals surface area (Å²) < 4.78 is 55.9. The summed E-state index contributed by atoms with van der Waals surface area (Å²) in [5.74, 6) is 0.125. The molecule has 224 valence electrons. The number of nitrogens with zero attached hydrogens (tertiary/aromatic N) is 1. The normalized spacial score (nSPS) is 14.2. The second-order valence-corrected chi connectivity index (χ2v) is 11.0. The van der Waals surface area contributed by atoms with E-state index in [2.05, 4.69) is 10.5 Å². The highest BCUT2D eigenvalue weighted by atomic mass is 19.4. The van der Waals surface area contributed by atoms with Crippen molar-refractivity contribution in [3.63, 3.8) is 0 Å². The van der Waals surface area contributed by atoms with E-state index in [0.717, 1.165) is 41.7 Å². The molecule has 0 bridgehead atoms. The van der Waals surface area contributed by atoms with Crippen LogP contribution < -0.4 is 5.32 Å². The van der Waals surface area contributed by atoms with Gasteiger partial charge in [0.1, 0.15) is 17.0 Å². The lowest BCUT2D eigenvalue weighted by Crippen LogP contribution is -2.29. The minimum Gasteiger partial charge on any atom is -0.465 e. The van der Waals surface area contributed by atoms with E-state index >= 15 is 0 Å². The van der Waals surface area contributed by atoms with Crippen molar-refractivity contribution < 1.29 is 36.8 Å². The monoisotopic (exact) mass is 592 g/mol. The molecule has 1 fully saturated rings. The van der Waals surface area contributed by atoms with Gasteiger partial charge in [0.15, 0.2) is 5.76 Å². The van der Waals surface area contributed by atoms with E-state index in [1.165, 1.54) is 26.0 Å². The smallest absolute Gasteiger partial charge is 0.416 e. The van der Waals surface area contributed by atoms with Crippen LogP contribution in [0.3, 0.4) is 0 Å². The largest absolute Gasteiger partial charge is 0.465 e. The number of rotatable bonds is 8. The molecular weight excluding hydrogens is 561 g/mol. The highest BCUT2D eigenvalue weighted by Gasteiger charge is 2.52. The van der Waals surface area contributed by atoms with Crippen LogP contribution in [0.2, 0.25) is 0 Å². The Kier molecular flexibility index (Phi) is 7.81. The second-order valence-electron chi connectivity index (χ2n) is 11.0. The van der Waals surface area contributed by atoms with Crippen LogP contribution in [-0.4, -0.2) is 23.8 Å². The standard InChI is InChI=1S/C33H31F3N2O5/c1-5-41-29(39)32(17-18-32)24-15-13-22(14-16-24)21-9-11-23(12-10-21)28-27(20(2)38-43-28)37-30(40)42-31(3,4)25-7-6-8-26(19-25)33(34,35)36/h6-16,19H,5,17-18H2,1-4H3,(H,37,40). The van der Waals surface area contributed by atoms with Gasteiger partial charge >= 0.3 is 18.2 Å². The number of halogens is 3. The summed E-state index contributed by atoms with van der Waals surface area (Å²) in [4.78, 5) is 25.3. The summed E-state index contributed by atoms with van der Waals surface area (Å²) in [6, 6.07) is 20.0. The maximum Gasteiger partial charge on any atom is 0.416 e. The van der Waals surface area contributed by atoms with Crippen molar-refractivity contribution in [3.05, 3.63) is 95.2 Å². The number of benzene rings is 3. The van der Waals surface area contributed by atoms with Gasteiger partial charge in [-0.3, -0.25) is 10.1 Å². The molecule has 1 saturated carbocycles. The first-order valence-corrected chi connectivity index (χ1v) is 13.9. The average Bonchev–Trinajstić information content (AvgIpc) is 3.71. The number of anilines is 1. The fraction of sp³-hybridized carbons (Fsp3) is 0.303. The molecule has 3 aromatic carbocycles. The number of esters is 1. The van der Waals surface area contributed by atoms with E-state index in [0.29, 0.717) is 23.6 Å². The molecule has 7 nitrogen and oxygen atoms in total. The van der Waals surface area contributed by atoms with Crippen LogP contribution in [0.15, 0.2) is 77.3 Å². The van der Waals surface area contributed by atoms with E-state index in [1.54, 1.807) is 13.8 Å². The third kappa shape index (κ3) is 6.14. The van der Waals surface area contributed by atoms with Gasteiger partial charge in [-0.25, -0.2) is 4.79 Å². The van der Waals surface area contributed by atoms with Gasteiger partial charge in [-0.05, 0) is 74.9 Å². The van der Waals surface area contributed by atoms with Crippen molar-refractivity contribution in [3.8, 4) is 22.5 Å². The van der Waals surface area contributed by atoms with Gasteiger partial charge < -0.3 is 14.0 Å². The maximum atomic E-state index is 13.2. The van der Waals surface area contributed by atoms with E-state index in [1.807, 2.05) is 48.5 Å². The number of ether oxygens (including phenoxy) is 2. The Morgan fingerprint density at radius 3 is 2.09 bits per heavy atom. The predicted molar refractivity (Wildman–Crippen MR) is 154 cm³/mol. The topological polar surface area (TPSA) is 90.7 Å². The summed E-state index contributed by atoms with van der Waals surface area (Å²) in [5, 5.41) is 6.62. The zero-order valence-corrected chi connectivity index (χ0v) is 24.2. The molecule has 0 saturated heterocycles. The fourth-order valence-corrected chi connectivity index (χ4v) is 5.00.